The fraction of sp³-hybridized carbons (Fsp3) is 0.143. The van der Waals surface area contributed by atoms with Gasteiger partial charge in [0.2, 0.25) is 11.9 Å². The van der Waals surface area contributed by atoms with Crippen LogP contribution in [-0.4, -0.2) is 33.2 Å². The van der Waals surface area contributed by atoms with Crippen molar-refractivity contribution in [1.29, 1.82) is 5.41 Å². The lowest BCUT2D eigenvalue weighted by Crippen LogP contribution is -2.73. The molecule has 0 aliphatic heterocycles. The quantitative estimate of drug-likeness (QED) is 0.355. The molecule has 0 saturated heterocycles. The van der Waals surface area contributed by atoms with E-state index < -0.39 is 5.82 Å². The number of hydrogen-bond acceptors (Lipinski definition) is 5. The Morgan fingerprint density at radius 3 is 2.80 bits per heavy atom. The molecule has 1 aromatic carbocycles. The molecular weight excluding hydrogens is 385 g/mol. The molecule has 0 bridgehead atoms. The molecule has 3 rings (SSSR count). The third-order valence-electron chi connectivity index (χ3n) is 4.39. The van der Waals surface area contributed by atoms with Gasteiger partial charge in [0.15, 0.2) is 11.6 Å². The first kappa shape index (κ1) is 20.9. The predicted molar refractivity (Wildman–Crippen MR) is 115 cm³/mol. The third kappa shape index (κ3) is 4.26. The zero-order valence-corrected chi connectivity index (χ0v) is 17.0. The molecule has 0 spiro atoms. The number of anilines is 2. The minimum atomic E-state index is -0.583. The summed E-state index contributed by atoms with van der Waals surface area (Å²) in [5, 5.41) is 16.1. The van der Waals surface area contributed by atoms with Gasteiger partial charge in [-0.3, -0.25) is 9.36 Å². The summed E-state index contributed by atoms with van der Waals surface area (Å²) in [6.45, 7) is 6.98. The Balaban J connectivity index is 2.05. The van der Waals surface area contributed by atoms with Crippen LogP contribution in [-0.2, 0) is 4.79 Å². The summed E-state index contributed by atoms with van der Waals surface area (Å²) < 4.78 is 16.3. The highest BCUT2D eigenvalue weighted by molar-refractivity contribution is 6.00. The van der Waals surface area contributed by atoms with Gasteiger partial charge >= 0.3 is 0 Å². The van der Waals surface area contributed by atoms with Crippen molar-refractivity contribution >= 4 is 34.2 Å². The SMILES string of the molecule is C=CC(=O)Nc1ccc2c(c1)c(C)cn2-c1nc(N/C(=C/[NH2+]C)C(C)=N)ncc1F. The number of rotatable bonds is 7. The Hall–Kier alpha value is -3.85. The van der Waals surface area contributed by atoms with E-state index in [4.69, 9.17) is 5.41 Å². The highest BCUT2D eigenvalue weighted by Crippen LogP contribution is 2.28. The average Bonchev–Trinajstić information content (AvgIpc) is 3.04. The lowest BCUT2D eigenvalue weighted by molar-refractivity contribution is -0.556. The molecule has 3 aromatic rings. The molecule has 2 heterocycles. The number of nitrogens with one attached hydrogen (secondary N) is 3. The van der Waals surface area contributed by atoms with Gasteiger partial charge < -0.3 is 21.4 Å². The number of aromatic nitrogens is 3. The topological polar surface area (TPSA) is 112 Å². The summed E-state index contributed by atoms with van der Waals surface area (Å²) in [5.74, 6) is -0.629. The Bertz CT molecular complexity index is 1180. The Kier molecular flexibility index (Phi) is 6.03. The molecule has 0 saturated carbocycles. The van der Waals surface area contributed by atoms with Crippen molar-refractivity contribution in [3.05, 3.63) is 66.5 Å². The molecule has 1 amide bonds. The van der Waals surface area contributed by atoms with Crippen LogP contribution in [0.3, 0.4) is 0 Å². The summed E-state index contributed by atoms with van der Waals surface area (Å²) in [6, 6.07) is 5.33. The second-order valence-corrected chi connectivity index (χ2v) is 6.64. The van der Waals surface area contributed by atoms with Crippen LogP contribution in [0.15, 0.2) is 55.1 Å². The number of benzene rings is 1. The van der Waals surface area contributed by atoms with E-state index in [0.717, 1.165) is 22.7 Å². The third-order valence-corrected chi connectivity index (χ3v) is 4.39. The van der Waals surface area contributed by atoms with Crippen LogP contribution in [0.1, 0.15) is 12.5 Å². The molecule has 0 fully saturated rings. The standard InChI is InChI=1S/C21H22FN7O/c1-5-19(30)26-14-6-7-18-15(8-14)12(2)11-29(18)20-16(22)9-25-21(28-20)27-17(10-24-4)13(3)23/h5-11,23-24H,1H2,2-4H3,(H,26,30)(H,25,27,28)/p+1/b17-10+,23-13?. The lowest BCUT2D eigenvalue weighted by Gasteiger charge is -2.10. The normalized spacial score (nSPS) is 11.4. The van der Waals surface area contributed by atoms with Crippen LogP contribution in [0, 0.1) is 18.2 Å². The van der Waals surface area contributed by atoms with E-state index in [2.05, 4.69) is 27.2 Å². The van der Waals surface area contributed by atoms with Crippen molar-refractivity contribution in [2.45, 2.75) is 13.8 Å². The van der Waals surface area contributed by atoms with Crippen LogP contribution in [0.2, 0.25) is 0 Å². The maximum atomic E-state index is 14.6. The number of hydrogen-bond donors (Lipinski definition) is 4. The maximum absolute atomic E-state index is 14.6. The molecule has 0 aliphatic rings. The Morgan fingerprint density at radius 2 is 2.13 bits per heavy atom. The number of carbonyl (C=O) groups is 1. The van der Waals surface area contributed by atoms with E-state index in [-0.39, 0.29) is 17.7 Å². The van der Waals surface area contributed by atoms with Crippen LogP contribution >= 0.6 is 0 Å². The average molecular weight is 408 g/mol. The molecule has 0 atom stereocenters. The van der Waals surface area contributed by atoms with Crippen molar-refractivity contribution in [1.82, 2.24) is 14.5 Å². The summed E-state index contributed by atoms with van der Waals surface area (Å²) in [7, 11) is 1.84. The van der Waals surface area contributed by atoms with Gasteiger partial charge in [-0.1, -0.05) is 6.58 Å². The van der Waals surface area contributed by atoms with Crippen molar-refractivity contribution in [3.63, 3.8) is 0 Å². The number of fused-ring (bicyclic) bond motifs is 1. The molecule has 9 heteroatoms. The first-order chi connectivity index (χ1) is 14.3. The zero-order valence-electron chi connectivity index (χ0n) is 17.0. The number of nitrogens with two attached hydrogens (primary N) is 1. The molecule has 2 aromatic heterocycles. The fourth-order valence-corrected chi connectivity index (χ4v) is 2.98. The van der Waals surface area contributed by atoms with E-state index >= 15 is 0 Å². The van der Waals surface area contributed by atoms with E-state index in [1.807, 2.05) is 20.0 Å². The van der Waals surface area contributed by atoms with Gasteiger partial charge in [0.25, 0.3) is 0 Å². The molecule has 30 heavy (non-hydrogen) atoms. The lowest BCUT2D eigenvalue weighted by atomic mass is 10.2. The molecular formula is C21H23FN7O+. The highest BCUT2D eigenvalue weighted by atomic mass is 19.1. The summed E-state index contributed by atoms with van der Waals surface area (Å²) >= 11 is 0. The van der Waals surface area contributed by atoms with Gasteiger partial charge in [0, 0.05) is 17.3 Å². The first-order valence-electron chi connectivity index (χ1n) is 9.24. The molecule has 0 unspecified atom stereocenters. The van der Waals surface area contributed by atoms with Crippen molar-refractivity contribution in [3.8, 4) is 5.82 Å². The van der Waals surface area contributed by atoms with Crippen molar-refractivity contribution < 1.29 is 14.5 Å². The van der Waals surface area contributed by atoms with Crippen molar-refractivity contribution in [2.24, 2.45) is 0 Å². The Morgan fingerprint density at radius 1 is 1.37 bits per heavy atom. The second-order valence-electron chi connectivity index (χ2n) is 6.64. The highest BCUT2D eigenvalue weighted by Gasteiger charge is 2.15. The van der Waals surface area contributed by atoms with Gasteiger partial charge in [0.05, 0.1) is 24.5 Å². The van der Waals surface area contributed by atoms with Crippen LogP contribution in [0.25, 0.3) is 16.7 Å². The largest absolute Gasteiger partial charge is 0.323 e. The number of quaternary nitrogens is 1. The maximum Gasteiger partial charge on any atom is 0.247 e. The van der Waals surface area contributed by atoms with Crippen LogP contribution in [0.4, 0.5) is 16.0 Å². The number of allylic oxidation sites excluding steroid dienone is 1. The van der Waals surface area contributed by atoms with E-state index in [0.29, 0.717) is 17.1 Å². The second kappa shape index (κ2) is 8.66. The first-order valence-corrected chi connectivity index (χ1v) is 9.24. The van der Waals surface area contributed by atoms with Gasteiger partial charge in [-0.05, 0) is 43.7 Å². The van der Waals surface area contributed by atoms with Crippen LogP contribution < -0.4 is 16.0 Å². The number of aryl methyl sites for hydroxylation is 1. The molecule has 8 nitrogen and oxygen atoms in total. The van der Waals surface area contributed by atoms with Crippen molar-refractivity contribution in [2.75, 3.05) is 17.7 Å². The van der Waals surface area contributed by atoms with Gasteiger partial charge in [-0.15, -0.1) is 0 Å². The molecule has 0 radical (unpaired) electrons. The smallest absolute Gasteiger partial charge is 0.247 e. The number of nitrogens with zero attached hydrogens (tertiary/aromatic N) is 3. The van der Waals surface area contributed by atoms with Crippen LogP contribution in [0.5, 0.6) is 0 Å². The van der Waals surface area contributed by atoms with E-state index in [1.165, 1.54) is 6.08 Å². The van der Waals surface area contributed by atoms with Gasteiger partial charge in [-0.25, -0.2) is 9.37 Å². The van der Waals surface area contributed by atoms with E-state index in [1.54, 1.807) is 41.3 Å². The molecule has 5 N–H and O–H groups in total. The predicted octanol–water partition coefficient (Wildman–Crippen LogP) is 2.48. The number of amides is 1. The number of halogens is 1. The minimum absolute atomic E-state index is 0.0796. The minimum Gasteiger partial charge on any atom is -0.323 e. The molecule has 154 valence electrons. The molecule has 0 aliphatic carbocycles. The monoisotopic (exact) mass is 408 g/mol. The van der Waals surface area contributed by atoms with Gasteiger partial charge in [-0.2, -0.15) is 4.98 Å². The number of carbonyl (C=O) groups excluding carboxylic acids is 1. The summed E-state index contributed by atoms with van der Waals surface area (Å²) in [4.78, 5) is 19.9. The van der Waals surface area contributed by atoms with Gasteiger partial charge in [0.1, 0.15) is 11.9 Å². The fourth-order valence-electron chi connectivity index (χ4n) is 2.98. The summed E-state index contributed by atoms with van der Waals surface area (Å²) in [6.07, 6.45) is 5.79. The zero-order chi connectivity index (χ0) is 21.8. The van der Waals surface area contributed by atoms with E-state index in [9.17, 15) is 9.18 Å². The summed E-state index contributed by atoms with van der Waals surface area (Å²) in [5.41, 5.74) is 3.06. The Labute approximate surface area is 173 Å².